The SMILES string of the molecule is CC1(C)Nc2ccc(F)c(n2)[C@]2(C)N=C(NC(=O)O1)C(C)(C)[S@]1(=O)=NCC(F)(F)C[C@@H]21. The molecule has 0 unspecified atom stereocenters. The number of aromatic nitrogens is 1. The molecule has 170 valence electrons. The zero-order valence-electron chi connectivity index (χ0n) is 17.8. The number of nitrogens with one attached hydrogen (secondary N) is 2. The first-order chi connectivity index (χ1) is 14.1. The maximum absolute atomic E-state index is 15.0. The molecule has 0 aromatic carbocycles. The summed E-state index contributed by atoms with van der Waals surface area (Å²) in [6, 6.07) is 2.45. The molecular weight excluding hydrogens is 435 g/mol. The normalized spacial score (nSPS) is 35.0. The number of hydrogen-bond acceptors (Lipinski definition) is 7. The van der Waals surface area contributed by atoms with Gasteiger partial charge in [0.1, 0.15) is 40.0 Å². The number of amides is 1. The van der Waals surface area contributed by atoms with Crippen LogP contribution in [0.3, 0.4) is 0 Å². The Kier molecular flexibility index (Phi) is 4.46. The number of anilines is 1. The van der Waals surface area contributed by atoms with Crippen LogP contribution in [-0.2, 0) is 20.0 Å². The van der Waals surface area contributed by atoms with E-state index in [4.69, 9.17) is 4.74 Å². The number of pyridine rings is 1. The van der Waals surface area contributed by atoms with Gasteiger partial charge >= 0.3 is 6.09 Å². The van der Waals surface area contributed by atoms with E-state index >= 15 is 4.39 Å². The molecule has 4 rings (SSSR count). The van der Waals surface area contributed by atoms with Crippen LogP contribution in [0, 0.1) is 5.82 Å². The van der Waals surface area contributed by atoms with Crippen LogP contribution in [-0.4, -0.2) is 49.3 Å². The molecule has 0 spiro atoms. The molecule has 4 heterocycles. The molecule has 0 radical (unpaired) electrons. The second kappa shape index (κ2) is 6.33. The molecule has 1 aromatic rings. The van der Waals surface area contributed by atoms with E-state index in [2.05, 4.69) is 25.0 Å². The minimum absolute atomic E-state index is 0.0838. The van der Waals surface area contributed by atoms with Crippen molar-refractivity contribution in [3.8, 4) is 0 Å². The minimum atomic E-state index is -3.46. The van der Waals surface area contributed by atoms with Gasteiger partial charge < -0.3 is 10.1 Å². The molecule has 3 atom stereocenters. The summed E-state index contributed by atoms with van der Waals surface area (Å²) in [4.78, 5) is 21.4. The number of rotatable bonds is 0. The molecule has 0 fully saturated rings. The molecule has 3 aliphatic heterocycles. The molecule has 2 N–H and O–H groups in total. The van der Waals surface area contributed by atoms with Crippen molar-refractivity contribution in [2.24, 2.45) is 9.36 Å². The standard InChI is InChI=1S/C19H24F3N5O3S/c1-16(2)14-25-15(28)30-17(3,4)26-12-7-6-10(20)13(24-12)18(5,27-14)11-8-19(21,22)9-23-31(11,16)29/h6-7,11H,8-9H2,1-5H3,(H,24,26)(H,25,27,28)/t11-,18+,31-/m0/s1. The molecule has 1 aromatic heterocycles. The number of carbonyl (C=O) groups excluding carboxylic acids is 1. The number of cyclic esters (lactones) is 1. The molecular formula is C19H24F3N5O3S. The van der Waals surface area contributed by atoms with Crippen molar-refractivity contribution in [3.05, 3.63) is 23.6 Å². The smallest absolute Gasteiger partial charge is 0.414 e. The van der Waals surface area contributed by atoms with Crippen molar-refractivity contribution in [2.45, 2.75) is 68.2 Å². The van der Waals surface area contributed by atoms with E-state index < -0.39 is 61.8 Å². The van der Waals surface area contributed by atoms with Crippen LogP contribution in [0.25, 0.3) is 0 Å². The van der Waals surface area contributed by atoms with Gasteiger partial charge in [-0.3, -0.25) is 10.3 Å². The zero-order chi connectivity index (χ0) is 23.0. The lowest BCUT2D eigenvalue weighted by Crippen LogP contribution is -2.64. The fraction of sp³-hybridized carbons (Fsp3) is 0.632. The number of hydrogen-bond donors (Lipinski definition) is 2. The third-order valence-corrected chi connectivity index (χ3v) is 9.52. The first kappa shape index (κ1) is 21.8. The van der Waals surface area contributed by atoms with E-state index in [0.717, 1.165) is 6.07 Å². The van der Waals surface area contributed by atoms with Crippen molar-refractivity contribution in [1.29, 1.82) is 0 Å². The van der Waals surface area contributed by atoms with Gasteiger partial charge in [0.15, 0.2) is 5.72 Å². The van der Waals surface area contributed by atoms with E-state index in [0.29, 0.717) is 0 Å². The van der Waals surface area contributed by atoms with Gasteiger partial charge in [-0.15, -0.1) is 0 Å². The maximum atomic E-state index is 15.0. The minimum Gasteiger partial charge on any atom is -0.423 e. The highest BCUT2D eigenvalue weighted by Crippen LogP contribution is 2.50. The molecule has 0 saturated heterocycles. The van der Waals surface area contributed by atoms with Gasteiger partial charge in [0, 0.05) is 6.42 Å². The lowest BCUT2D eigenvalue weighted by atomic mass is 9.88. The quantitative estimate of drug-likeness (QED) is 0.619. The summed E-state index contributed by atoms with van der Waals surface area (Å²) in [6.07, 6.45) is -1.70. The lowest BCUT2D eigenvalue weighted by molar-refractivity contribution is -0.00691. The molecule has 12 heteroatoms. The molecule has 1 amide bonds. The summed E-state index contributed by atoms with van der Waals surface area (Å²) >= 11 is 0. The second-order valence-electron chi connectivity index (χ2n) is 9.20. The number of alkyl halides is 2. The Morgan fingerprint density at radius 3 is 2.55 bits per heavy atom. The number of nitrogens with zero attached hydrogens (tertiary/aromatic N) is 3. The first-order valence-electron chi connectivity index (χ1n) is 9.74. The van der Waals surface area contributed by atoms with Crippen molar-refractivity contribution in [1.82, 2.24) is 10.3 Å². The molecule has 0 aliphatic carbocycles. The van der Waals surface area contributed by atoms with Crippen LogP contribution in [0.2, 0.25) is 0 Å². The summed E-state index contributed by atoms with van der Waals surface area (Å²) < 4.78 is 66.0. The summed E-state index contributed by atoms with van der Waals surface area (Å²) in [7, 11) is -3.46. The molecule has 4 bridgehead atoms. The summed E-state index contributed by atoms with van der Waals surface area (Å²) in [6.45, 7) is 6.62. The van der Waals surface area contributed by atoms with Gasteiger partial charge in [0.2, 0.25) is 0 Å². The van der Waals surface area contributed by atoms with Crippen LogP contribution in [0.4, 0.5) is 23.8 Å². The van der Waals surface area contributed by atoms with Crippen LogP contribution in [0.5, 0.6) is 0 Å². The highest BCUT2D eigenvalue weighted by Gasteiger charge is 2.61. The topological polar surface area (TPSA) is 105 Å². The van der Waals surface area contributed by atoms with Gasteiger partial charge in [-0.1, -0.05) is 0 Å². The number of halogens is 3. The largest absolute Gasteiger partial charge is 0.423 e. The summed E-state index contributed by atoms with van der Waals surface area (Å²) in [5, 5.41) is 4.03. The van der Waals surface area contributed by atoms with Crippen molar-refractivity contribution in [2.75, 3.05) is 11.9 Å². The lowest BCUT2D eigenvalue weighted by Gasteiger charge is -2.49. The molecule has 0 saturated carbocycles. The Morgan fingerprint density at radius 1 is 1.19 bits per heavy atom. The van der Waals surface area contributed by atoms with E-state index in [1.165, 1.54) is 26.8 Å². The highest BCUT2D eigenvalue weighted by molar-refractivity contribution is 7.96. The Balaban J connectivity index is 2.07. The average Bonchev–Trinajstić information content (AvgIpc) is 2.63. The first-order valence-corrected chi connectivity index (χ1v) is 11.3. The number of ether oxygens (including phenoxy) is 1. The molecule has 3 aliphatic rings. The van der Waals surface area contributed by atoms with Crippen LogP contribution in [0.1, 0.15) is 46.7 Å². The van der Waals surface area contributed by atoms with Gasteiger partial charge in [-0.05, 0) is 46.8 Å². The van der Waals surface area contributed by atoms with Gasteiger partial charge in [-0.25, -0.2) is 31.5 Å². The third kappa shape index (κ3) is 3.26. The predicted octanol–water partition coefficient (Wildman–Crippen LogP) is 3.39. The summed E-state index contributed by atoms with van der Waals surface area (Å²) in [5.41, 5.74) is -3.29. The molecule has 31 heavy (non-hydrogen) atoms. The highest BCUT2D eigenvalue weighted by atomic mass is 32.2. The van der Waals surface area contributed by atoms with Gasteiger partial charge in [-0.2, -0.15) is 0 Å². The second-order valence-corrected chi connectivity index (χ2v) is 12.2. The van der Waals surface area contributed by atoms with E-state index in [-0.39, 0.29) is 17.3 Å². The maximum Gasteiger partial charge on any atom is 0.414 e. The van der Waals surface area contributed by atoms with Crippen LogP contribution >= 0.6 is 0 Å². The van der Waals surface area contributed by atoms with Gasteiger partial charge in [0.25, 0.3) is 5.92 Å². The Bertz CT molecular complexity index is 1130. The average molecular weight is 459 g/mol. The number of amidine groups is 1. The predicted molar refractivity (Wildman–Crippen MR) is 109 cm³/mol. The summed E-state index contributed by atoms with van der Waals surface area (Å²) in [5.74, 6) is -3.97. The zero-order valence-corrected chi connectivity index (χ0v) is 18.6. The van der Waals surface area contributed by atoms with Crippen LogP contribution in [0.15, 0.2) is 21.5 Å². The van der Waals surface area contributed by atoms with E-state index in [1.807, 2.05) is 0 Å². The van der Waals surface area contributed by atoms with Crippen LogP contribution < -0.4 is 10.6 Å². The van der Waals surface area contributed by atoms with E-state index in [9.17, 15) is 17.8 Å². The monoisotopic (exact) mass is 459 g/mol. The fourth-order valence-corrected chi connectivity index (χ4v) is 7.50. The van der Waals surface area contributed by atoms with Crippen molar-refractivity contribution in [3.63, 3.8) is 0 Å². The van der Waals surface area contributed by atoms with E-state index in [1.54, 1.807) is 13.8 Å². The molecule has 8 nitrogen and oxygen atoms in total. The fourth-order valence-electron chi connectivity index (χ4n) is 4.27. The number of fused-ring (bicyclic) bond motifs is 6. The van der Waals surface area contributed by atoms with Crippen molar-refractivity contribution < 1.29 is 26.9 Å². The Labute approximate surface area is 178 Å². The Morgan fingerprint density at radius 2 is 1.87 bits per heavy atom. The Hall–Kier alpha value is -2.37. The van der Waals surface area contributed by atoms with Crippen molar-refractivity contribution >= 4 is 27.5 Å². The third-order valence-electron chi connectivity index (χ3n) is 5.95. The number of alkyl carbamates (subject to hydrolysis) is 1. The number of aliphatic imine (C=N–C) groups is 1. The number of carbonyl (C=O) groups is 1. The van der Waals surface area contributed by atoms with Gasteiger partial charge in [0.05, 0.1) is 15.0 Å².